The lowest BCUT2D eigenvalue weighted by molar-refractivity contribution is 0.687. The zero-order valence-electron chi connectivity index (χ0n) is 6.15. The quantitative estimate of drug-likeness (QED) is 0.453. The summed E-state index contributed by atoms with van der Waals surface area (Å²) in [6, 6.07) is 2.91. The normalized spacial score (nSPS) is 10.0. The van der Waals surface area contributed by atoms with Crippen LogP contribution in [0.3, 0.4) is 0 Å². The van der Waals surface area contributed by atoms with Crippen LogP contribution in [0, 0.1) is 6.07 Å². The molecule has 0 rings (SSSR count). The van der Waals surface area contributed by atoms with Crippen molar-refractivity contribution < 1.29 is 0 Å². The van der Waals surface area contributed by atoms with Crippen LogP contribution in [0.5, 0.6) is 0 Å². The molecule has 0 radical (unpaired) electrons. The predicted molar refractivity (Wildman–Crippen MR) is 37.3 cm³/mol. The number of hydrogen-bond donors (Lipinski definition) is 0. The van der Waals surface area contributed by atoms with Crippen LogP contribution >= 0.6 is 0 Å². The third kappa shape index (κ3) is 5.49. The van der Waals surface area contributed by atoms with Crippen LogP contribution in [0.25, 0.3) is 4.85 Å². The molecule has 0 N–H and O–H groups in total. The Kier molecular flexibility index (Phi) is 2.54. The van der Waals surface area contributed by atoms with Crippen LogP contribution in [0.1, 0.15) is 34.1 Å². The largest absolute Gasteiger partial charge is 0.273 e. The summed E-state index contributed by atoms with van der Waals surface area (Å²) in [5.41, 5.74) is 0.0655. The lowest BCUT2D eigenvalue weighted by atomic mass is 10.1. The van der Waals surface area contributed by atoms with Gasteiger partial charge in [-0.15, -0.1) is 0 Å². The zero-order valence-corrected chi connectivity index (χ0v) is 6.15. The highest BCUT2D eigenvalue weighted by molar-refractivity contribution is 4.95. The Hall–Kier alpha value is -0.510. The number of nitrogens with zero attached hydrogens (tertiary/aromatic N) is 1. The molecule has 0 saturated carbocycles. The van der Waals surface area contributed by atoms with Crippen LogP contribution in [0.15, 0.2) is 0 Å². The maximum absolute atomic E-state index is 4.12. The Labute approximate surface area is 51.5 Å². The molecule has 1 heteroatoms. The van der Waals surface area contributed by atoms with Gasteiger partial charge in [0.25, 0.3) is 11.6 Å². The molecule has 0 bridgehead atoms. The van der Waals surface area contributed by atoms with E-state index in [4.69, 9.17) is 0 Å². The minimum absolute atomic E-state index is 0.0655. The molecule has 0 spiro atoms. The summed E-state index contributed by atoms with van der Waals surface area (Å²) in [4.78, 5) is 4.12. The smallest absolute Gasteiger partial charge is 0.0781 e. The molecule has 0 aliphatic carbocycles. The Morgan fingerprint density at radius 3 is 2.00 bits per heavy atom. The van der Waals surface area contributed by atoms with E-state index in [9.17, 15) is 0 Å². The van der Waals surface area contributed by atoms with E-state index < -0.39 is 0 Å². The minimum atomic E-state index is 0.0655. The number of hydrogen-bond acceptors (Lipinski definition) is 0. The lowest BCUT2D eigenvalue weighted by Crippen LogP contribution is -2.05. The molecule has 46 valence electrons. The van der Waals surface area contributed by atoms with Crippen molar-refractivity contribution in [3.63, 3.8) is 0 Å². The van der Waals surface area contributed by atoms with E-state index >= 15 is 0 Å². The van der Waals surface area contributed by atoms with Crippen molar-refractivity contribution >= 4 is 0 Å². The highest BCUT2D eigenvalue weighted by Crippen LogP contribution is 2.05. The average molecular weight is 112 g/mol. The second-order valence-electron chi connectivity index (χ2n) is 2.79. The fourth-order valence-electron chi connectivity index (χ4n) is 0.316. The highest BCUT2D eigenvalue weighted by Gasteiger charge is 2.17. The molecule has 8 heavy (non-hydrogen) atoms. The van der Waals surface area contributed by atoms with Crippen LogP contribution in [-0.4, -0.2) is 5.54 Å². The average Bonchev–Trinajstić information content (AvgIpc) is 1.59. The van der Waals surface area contributed by atoms with Gasteiger partial charge in [0.05, 0.1) is 6.42 Å². The molecule has 0 aliphatic heterocycles. The van der Waals surface area contributed by atoms with Gasteiger partial charge < -0.3 is 0 Å². The van der Waals surface area contributed by atoms with Crippen LogP contribution < -0.4 is 0 Å². The van der Waals surface area contributed by atoms with Crippen molar-refractivity contribution in [1.82, 2.24) is 0 Å². The molecule has 0 amide bonds. The molecule has 0 heterocycles. The van der Waals surface area contributed by atoms with Gasteiger partial charge in [0, 0.05) is 20.8 Å². The molecule has 0 aromatic carbocycles. The molecule has 0 atom stereocenters. The van der Waals surface area contributed by atoms with Crippen molar-refractivity contribution in [2.75, 3.05) is 0 Å². The van der Waals surface area contributed by atoms with Gasteiger partial charge >= 0.3 is 0 Å². The van der Waals surface area contributed by atoms with Gasteiger partial charge in [-0.05, 0) is 6.92 Å². The fourth-order valence-corrected chi connectivity index (χ4v) is 0.316. The molecule has 0 aromatic rings. The van der Waals surface area contributed by atoms with Gasteiger partial charge in [0.2, 0.25) is 0 Å². The number of rotatable bonds is 0. The Bertz CT molecular complexity index is 109. The summed E-state index contributed by atoms with van der Waals surface area (Å²) < 4.78 is 0. The monoisotopic (exact) mass is 112 g/mol. The molecular formula is C7H14N+. The lowest BCUT2D eigenvalue weighted by Gasteiger charge is -1.91. The van der Waals surface area contributed by atoms with E-state index in [1.165, 1.54) is 0 Å². The Morgan fingerprint density at radius 1 is 1.38 bits per heavy atom. The SMILES string of the molecule is CCC#[N+]C(C)(C)C. The third-order valence-corrected chi connectivity index (χ3v) is 0.573. The van der Waals surface area contributed by atoms with Crippen molar-refractivity contribution in [3.05, 3.63) is 4.85 Å². The van der Waals surface area contributed by atoms with Gasteiger partial charge in [-0.1, -0.05) is 4.85 Å². The van der Waals surface area contributed by atoms with Crippen molar-refractivity contribution in [1.29, 1.82) is 0 Å². The molecule has 0 aromatic heterocycles. The summed E-state index contributed by atoms with van der Waals surface area (Å²) in [5, 5.41) is 0. The molecule has 0 saturated heterocycles. The van der Waals surface area contributed by atoms with E-state index in [-0.39, 0.29) is 5.54 Å². The van der Waals surface area contributed by atoms with Crippen LogP contribution in [0.4, 0.5) is 0 Å². The summed E-state index contributed by atoms with van der Waals surface area (Å²) in [7, 11) is 0. The third-order valence-electron chi connectivity index (χ3n) is 0.573. The first-order valence-electron chi connectivity index (χ1n) is 3.01. The van der Waals surface area contributed by atoms with Gasteiger partial charge in [-0.2, -0.15) is 0 Å². The molecule has 0 unspecified atom stereocenters. The Balaban J connectivity index is 3.69. The van der Waals surface area contributed by atoms with Crippen molar-refractivity contribution in [3.8, 4) is 6.07 Å². The minimum Gasteiger partial charge on any atom is -0.0781 e. The summed E-state index contributed by atoms with van der Waals surface area (Å²) in [6.07, 6.45) is 0.914. The standard InChI is InChI=1S/C7H14N/c1-5-6-8-7(2,3)4/h5H2,1-4H3/q+1. The predicted octanol–water partition coefficient (Wildman–Crippen LogP) is 2.53. The van der Waals surface area contributed by atoms with Crippen molar-refractivity contribution in [2.45, 2.75) is 39.7 Å². The maximum atomic E-state index is 4.12. The maximum Gasteiger partial charge on any atom is 0.273 e. The first-order valence-corrected chi connectivity index (χ1v) is 3.01. The molecular weight excluding hydrogens is 98.1 g/mol. The first-order chi connectivity index (χ1) is 3.56. The van der Waals surface area contributed by atoms with E-state index in [1.54, 1.807) is 0 Å². The molecule has 0 fully saturated rings. The first kappa shape index (κ1) is 7.49. The van der Waals surface area contributed by atoms with Crippen LogP contribution in [-0.2, 0) is 0 Å². The molecule has 0 aliphatic rings. The van der Waals surface area contributed by atoms with Gasteiger partial charge in [0.15, 0.2) is 0 Å². The van der Waals surface area contributed by atoms with Gasteiger partial charge in [-0.25, -0.2) is 0 Å². The Morgan fingerprint density at radius 2 is 1.88 bits per heavy atom. The van der Waals surface area contributed by atoms with Gasteiger partial charge in [-0.3, -0.25) is 0 Å². The topological polar surface area (TPSA) is 4.36 Å². The second kappa shape index (κ2) is 2.71. The van der Waals surface area contributed by atoms with E-state index in [2.05, 4.69) is 31.7 Å². The van der Waals surface area contributed by atoms with E-state index in [0.717, 1.165) is 6.42 Å². The highest BCUT2D eigenvalue weighted by atomic mass is 14.8. The fraction of sp³-hybridized carbons (Fsp3) is 0.857. The summed E-state index contributed by atoms with van der Waals surface area (Å²) in [6.45, 7) is 8.23. The van der Waals surface area contributed by atoms with E-state index in [1.807, 2.05) is 6.92 Å². The second-order valence-corrected chi connectivity index (χ2v) is 2.79. The molecule has 1 nitrogen and oxygen atoms in total. The van der Waals surface area contributed by atoms with Crippen LogP contribution in [0.2, 0.25) is 0 Å². The summed E-state index contributed by atoms with van der Waals surface area (Å²) in [5.74, 6) is 0. The van der Waals surface area contributed by atoms with E-state index in [0.29, 0.717) is 0 Å². The zero-order chi connectivity index (χ0) is 6.62. The van der Waals surface area contributed by atoms with Crippen molar-refractivity contribution in [2.24, 2.45) is 0 Å². The summed E-state index contributed by atoms with van der Waals surface area (Å²) >= 11 is 0. The van der Waals surface area contributed by atoms with Gasteiger partial charge in [0.1, 0.15) is 0 Å².